The van der Waals surface area contributed by atoms with Crippen molar-refractivity contribution in [3.8, 4) is 0 Å². The van der Waals surface area contributed by atoms with Crippen LogP contribution in [0.3, 0.4) is 0 Å². The van der Waals surface area contributed by atoms with Crippen molar-refractivity contribution < 1.29 is 12.8 Å². The summed E-state index contributed by atoms with van der Waals surface area (Å²) in [4.78, 5) is 4.88. The molecule has 5 nitrogen and oxygen atoms in total. The fourth-order valence-electron chi connectivity index (χ4n) is 1.44. The first-order valence-corrected chi connectivity index (χ1v) is 8.51. The van der Waals surface area contributed by atoms with Gasteiger partial charge in [0.1, 0.15) is 10.7 Å². The first-order valence-electron chi connectivity index (χ1n) is 5.42. The van der Waals surface area contributed by atoms with Crippen LogP contribution in [0.1, 0.15) is 10.6 Å². The van der Waals surface area contributed by atoms with Crippen LogP contribution in [0.5, 0.6) is 0 Å². The Labute approximate surface area is 128 Å². The molecule has 9 heteroatoms. The van der Waals surface area contributed by atoms with Gasteiger partial charge in [0.25, 0.3) is 10.0 Å². The first kappa shape index (κ1) is 15.2. The van der Waals surface area contributed by atoms with Gasteiger partial charge in [-0.1, -0.05) is 0 Å². The molecule has 0 aliphatic heterocycles. The Bertz CT molecular complexity index is 755. The van der Waals surface area contributed by atoms with Gasteiger partial charge >= 0.3 is 0 Å². The van der Waals surface area contributed by atoms with E-state index in [2.05, 4.69) is 25.6 Å². The van der Waals surface area contributed by atoms with Crippen molar-refractivity contribution in [2.75, 3.05) is 10.5 Å². The van der Waals surface area contributed by atoms with E-state index in [1.54, 1.807) is 6.92 Å². The van der Waals surface area contributed by atoms with E-state index in [9.17, 15) is 12.8 Å². The average molecular weight is 380 g/mol. The number of nitrogens with one attached hydrogen (secondary N) is 1. The van der Waals surface area contributed by atoms with Crippen molar-refractivity contribution in [2.24, 2.45) is 0 Å². The van der Waals surface area contributed by atoms with Crippen LogP contribution in [-0.4, -0.2) is 13.4 Å². The molecule has 0 saturated carbocycles. The van der Waals surface area contributed by atoms with E-state index < -0.39 is 15.8 Å². The molecule has 0 radical (unpaired) electrons. The molecule has 0 unspecified atom stereocenters. The highest BCUT2D eigenvalue weighted by molar-refractivity contribution is 9.10. The number of aromatic nitrogens is 1. The van der Waals surface area contributed by atoms with Gasteiger partial charge in [0, 0.05) is 9.35 Å². The van der Waals surface area contributed by atoms with Crippen molar-refractivity contribution in [3.63, 3.8) is 0 Å². The van der Waals surface area contributed by atoms with E-state index in [1.807, 2.05) is 6.92 Å². The minimum atomic E-state index is -3.88. The Morgan fingerprint density at radius 3 is 2.60 bits per heavy atom. The number of nitrogens with two attached hydrogens (primary N) is 1. The molecule has 1 aromatic heterocycles. The van der Waals surface area contributed by atoms with Gasteiger partial charge in [0.05, 0.1) is 11.4 Å². The molecular weight excluding hydrogens is 369 g/mol. The second-order valence-electron chi connectivity index (χ2n) is 4.07. The third-order valence-corrected chi connectivity index (χ3v) is 6.01. The van der Waals surface area contributed by atoms with E-state index >= 15 is 0 Å². The quantitative estimate of drug-likeness (QED) is 0.802. The number of nitrogen functional groups attached to an aromatic ring is 1. The molecule has 3 N–H and O–H groups in total. The summed E-state index contributed by atoms with van der Waals surface area (Å²) >= 11 is 4.25. The van der Waals surface area contributed by atoms with Crippen LogP contribution in [0.15, 0.2) is 21.5 Å². The normalized spacial score (nSPS) is 11.6. The van der Waals surface area contributed by atoms with Gasteiger partial charge in [0.15, 0.2) is 5.13 Å². The fourth-order valence-corrected chi connectivity index (χ4v) is 4.54. The molecule has 2 aromatic rings. The van der Waals surface area contributed by atoms with Gasteiger partial charge in [-0.3, -0.25) is 4.72 Å². The molecule has 0 saturated heterocycles. The molecular formula is C11H11BrFN3O2S2. The Morgan fingerprint density at radius 2 is 2.05 bits per heavy atom. The highest BCUT2D eigenvalue weighted by atomic mass is 79.9. The predicted octanol–water partition coefficient (Wildman–Crippen LogP) is 3.04. The van der Waals surface area contributed by atoms with Crippen molar-refractivity contribution in [3.05, 3.63) is 33.0 Å². The van der Waals surface area contributed by atoms with E-state index in [1.165, 1.54) is 11.3 Å². The minimum absolute atomic E-state index is 0.0988. The lowest BCUT2D eigenvalue weighted by molar-refractivity contribution is 0.599. The number of rotatable bonds is 3. The van der Waals surface area contributed by atoms with E-state index in [4.69, 9.17) is 5.73 Å². The number of hydrogen-bond acceptors (Lipinski definition) is 5. The number of thiazole rings is 1. The second-order valence-corrected chi connectivity index (χ2v) is 7.78. The Morgan fingerprint density at radius 1 is 1.40 bits per heavy atom. The maximum atomic E-state index is 13.3. The fraction of sp³-hybridized carbons (Fsp3) is 0.182. The zero-order valence-corrected chi connectivity index (χ0v) is 13.8. The predicted molar refractivity (Wildman–Crippen MR) is 80.9 cm³/mol. The smallest absolute Gasteiger partial charge is 0.264 e. The lowest BCUT2D eigenvalue weighted by atomic mass is 10.3. The third kappa shape index (κ3) is 2.94. The van der Waals surface area contributed by atoms with Gasteiger partial charge in [-0.2, -0.15) is 0 Å². The van der Waals surface area contributed by atoms with E-state index in [-0.39, 0.29) is 20.2 Å². The number of hydrogen-bond donors (Lipinski definition) is 2. The molecule has 1 heterocycles. The first-order chi connectivity index (χ1) is 9.20. The molecule has 0 aliphatic rings. The standard InChI is InChI=1S/C11H11BrFN3O2S2/c1-5-6(2)19-11(15-5)16-20(17,18)10-4-9(14)8(13)3-7(10)12/h3-4H,14H2,1-2H3,(H,15,16). The molecule has 1 aromatic carbocycles. The second kappa shape index (κ2) is 5.30. The largest absolute Gasteiger partial charge is 0.396 e. The molecule has 20 heavy (non-hydrogen) atoms. The third-order valence-electron chi connectivity index (χ3n) is 2.59. The summed E-state index contributed by atoms with van der Waals surface area (Å²) < 4.78 is 40.2. The van der Waals surface area contributed by atoms with Crippen LogP contribution in [0.2, 0.25) is 0 Å². The monoisotopic (exact) mass is 379 g/mol. The molecule has 108 valence electrons. The summed E-state index contributed by atoms with van der Waals surface area (Å²) in [6.45, 7) is 3.63. The van der Waals surface area contributed by atoms with Crippen LogP contribution in [0, 0.1) is 19.7 Å². The van der Waals surface area contributed by atoms with Crippen LogP contribution < -0.4 is 10.5 Å². The molecule has 0 fully saturated rings. The molecule has 0 bridgehead atoms. The number of sulfonamides is 1. The topological polar surface area (TPSA) is 85.1 Å². The maximum absolute atomic E-state index is 13.3. The van der Waals surface area contributed by atoms with Gasteiger partial charge in [-0.15, -0.1) is 11.3 Å². The number of anilines is 2. The molecule has 0 amide bonds. The van der Waals surface area contributed by atoms with Crippen molar-refractivity contribution >= 4 is 48.1 Å². The zero-order chi connectivity index (χ0) is 15.1. The van der Waals surface area contributed by atoms with Crippen LogP contribution in [0.25, 0.3) is 0 Å². The van der Waals surface area contributed by atoms with E-state index in [0.29, 0.717) is 0 Å². The zero-order valence-electron chi connectivity index (χ0n) is 10.6. The van der Waals surface area contributed by atoms with Crippen LogP contribution in [0.4, 0.5) is 15.2 Å². The van der Waals surface area contributed by atoms with Gasteiger partial charge < -0.3 is 5.73 Å². The van der Waals surface area contributed by atoms with Crippen molar-refractivity contribution in [2.45, 2.75) is 18.7 Å². The summed E-state index contributed by atoms with van der Waals surface area (Å²) in [6.07, 6.45) is 0. The number of benzene rings is 1. The Balaban J connectivity index is 2.43. The SMILES string of the molecule is Cc1nc(NS(=O)(=O)c2cc(N)c(F)cc2Br)sc1C. The summed E-state index contributed by atoms with van der Waals surface area (Å²) in [5.41, 5.74) is 5.93. The molecule has 0 spiro atoms. The summed E-state index contributed by atoms with van der Waals surface area (Å²) in [7, 11) is -3.88. The number of nitrogens with zero attached hydrogens (tertiary/aromatic N) is 1. The summed E-state index contributed by atoms with van der Waals surface area (Å²) in [5.74, 6) is -0.684. The lowest BCUT2D eigenvalue weighted by Crippen LogP contribution is -2.14. The highest BCUT2D eigenvalue weighted by Crippen LogP contribution is 2.30. The molecule has 0 atom stereocenters. The highest BCUT2D eigenvalue weighted by Gasteiger charge is 2.21. The van der Waals surface area contributed by atoms with Gasteiger partial charge in [-0.05, 0) is 41.9 Å². The van der Waals surface area contributed by atoms with E-state index in [0.717, 1.165) is 22.7 Å². The number of halogens is 2. The maximum Gasteiger partial charge on any atom is 0.264 e. The van der Waals surface area contributed by atoms with Crippen molar-refractivity contribution in [1.29, 1.82) is 0 Å². The summed E-state index contributed by atoms with van der Waals surface area (Å²) in [5, 5.41) is 0.259. The molecule has 0 aliphatic carbocycles. The Kier molecular flexibility index (Phi) is 4.03. The number of aryl methyl sites for hydroxylation is 2. The van der Waals surface area contributed by atoms with Gasteiger partial charge in [-0.25, -0.2) is 17.8 Å². The Hall–Kier alpha value is -1.19. The minimum Gasteiger partial charge on any atom is -0.396 e. The van der Waals surface area contributed by atoms with Crippen molar-refractivity contribution in [1.82, 2.24) is 4.98 Å². The van der Waals surface area contributed by atoms with Crippen LogP contribution >= 0.6 is 27.3 Å². The van der Waals surface area contributed by atoms with Gasteiger partial charge in [0.2, 0.25) is 0 Å². The molecule has 2 rings (SSSR count). The average Bonchev–Trinajstić information content (AvgIpc) is 2.61. The lowest BCUT2D eigenvalue weighted by Gasteiger charge is -2.08. The van der Waals surface area contributed by atoms with Crippen LogP contribution in [-0.2, 0) is 10.0 Å². The summed E-state index contributed by atoms with van der Waals surface area (Å²) in [6, 6.07) is 2.08.